The summed E-state index contributed by atoms with van der Waals surface area (Å²) in [7, 11) is 1.63. The second kappa shape index (κ2) is 9.23. The molecule has 3 aromatic rings. The van der Waals surface area contributed by atoms with Gasteiger partial charge in [-0.25, -0.2) is 19.7 Å². The Morgan fingerprint density at radius 1 is 1.24 bits per heavy atom. The van der Waals surface area contributed by atoms with Crippen LogP contribution in [0.15, 0.2) is 34.3 Å². The number of aromatic nitrogens is 5. The number of amides is 2. The Hall–Kier alpha value is -3.78. The van der Waals surface area contributed by atoms with Crippen LogP contribution in [0, 0.1) is 0 Å². The van der Waals surface area contributed by atoms with Crippen LogP contribution in [-0.4, -0.2) is 74.6 Å². The minimum absolute atomic E-state index is 0.157. The lowest BCUT2D eigenvalue weighted by Crippen LogP contribution is -2.33. The van der Waals surface area contributed by atoms with Gasteiger partial charge in [0.15, 0.2) is 17.3 Å². The Kier molecular flexibility index (Phi) is 5.98. The predicted octanol–water partition coefficient (Wildman–Crippen LogP) is 0.156. The van der Waals surface area contributed by atoms with Crippen molar-refractivity contribution < 1.29 is 19.1 Å². The summed E-state index contributed by atoms with van der Waals surface area (Å²) in [4.78, 5) is 54.2. The maximum atomic E-state index is 12.3. The molecule has 0 bridgehead atoms. The number of rotatable bonds is 7. The number of carbonyl (C=O) groups is 2. The zero-order valence-corrected chi connectivity index (χ0v) is 18.9. The average Bonchev–Trinajstić information content (AvgIpc) is 3.21. The molecule has 2 amide bonds. The molecule has 1 atom stereocenters. The van der Waals surface area contributed by atoms with E-state index in [4.69, 9.17) is 9.47 Å². The molecule has 0 spiro atoms. The molecule has 13 nitrogen and oxygen atoms in total. The van der Waals surface area contributed by atoms with Gasteiger partial charge < -0.3 is 20.1 Å². The molecule has 1 saturated heterocycles. The molecule has 3 aromatic heterocycles. The van der Waals surface area contributed by atoms with E-state index in [-0.39, 0.29) is 23.3 Å². The van der Waals surface area contributed by atoms with Crippen molar-refractivity contribution in [3.05, 3.63) is 34.9 Å². The fraction of sp³-hybridized carbons (Fsp3) is 0.350. The van der Waals surface area contributed by atoms with Crippen LogP contribution in [0.1, 0.15) is 0 Å². The lowest BCUT2D eigenvalue weighted by molar-refractivity contribution is -0.113. The molecule has 0 saturated carbocycles. The number of hydrogen-bond donors (Lipinski definition) is 2. The molecule has 1 unspecified atom stereocenters. The molecular formula is C20H20N8O5S. The van der Waals surface area contributed by atoms with Crippen LogP contribution in [0.3, 0.4) is 0 Å². The molecule has 176 valence electrons. The summed E-state index contributed by atoms with van der Waals surface area (Å²) >= 11 is 1.30. The number of ether oxygens (including phenoxy) is 2. The number of anilines is 2. The van der Waals surface area contributed by atoms with Crippen LogP contribution < -0.4 is 25.8 Å². The number of fused-ring (bicyclic) bond motifs is 2. The van der Waals surface area contributed by atoms with Crippen molar-refractivity contribution in [1.29, 1.82) is 0 Å². The zero-order chi connectivity index (χ0) is 23.7. The van der Waals surface area contributed by atoms with Gasteiger partial charge in [-0.15, -0.1) is 0 Å². The SMILES string of the molecule is Cn1c(=O)ccc2ncc(OCCNCC3CN(c4cnc5c(n4)NC(=O)CS5)C(=O)O3)nc21. The van der Waals surface area contributed by atoms with E-state index in [1.54, 1.807) is 13.1 Å². The van der Waals surface area contributed by atoms with E-state index < -0.39 is 6.09 Å². The number of hydrogen-bond acceptors (Lipinski definition) is 11. The van der Waals surface area contributed by atoms with Crippen molar-refractivity contribution in [2.75, 3.05) is 42.2 Å². The standard InChI is InChI=1S/C20H20N8O5S/c1-27-16(30)3-2-12-18(27)26-15(8-22-12)32-5-4-21-6-11-9-28(20(31)33-11)13-7-23-19-17(24-13)25-14(29)10-34-19/h2-3,7-8,11,21H,4-6,9-10H2,1H3,(H,24,25,29). The third-order valence-electron chi connectivity index (χ3n) is 5.17. The summed E-state index contributed by atoms with van der Waals surface area (Å²) in [6, 6.07) is 3.06. The summed E-state index contributed by atoms with van der Waals surface area (Å²) in [5.74, 6) is 1.11. The summed E-state index contributed by atoms with van der Waals surface area (Å²) in [5, 5.41) is 6.46. The number of pyridine rings is 1. The van der Waals surface area contributed by atoms with Crippen molar-refractivity contribution >= 4 is 46.6 Å². The second-order valence-electron chi connectivity index (χ2n) is 7.54. The Morgan fingerprint density at radius 2 is 2.12 bits per heavy atom. The highest BCUT2D eigenvalue weighted by atomic mass is 32.2. The van der Waals surface area contributed by atoms with Crippen molar-refractivity contribution in [3.8, 4) is 5.88 Å². The van der Waals surface area contributed by atoms with Crippen molar-refractivity contribution in [2.24, 2.45) is 7.05 Å². The monoisotopic (exact) mass is 484 g/mol. The van der Waals surface area contributed by atoms with Gasteiger partial charge in [-0.05, 0) is 6.07 Å². The number of nitrogens with one attached hydrogen (secondary N) is 2. The van der Waals surface area contributed by atoms with E-state index in [1.807, 2.05) is 0 Å². The maximum Gasteiger partial charge on any atom is 0.416 e. The van der Waals surface area contributed by atoms with Gasteiger partial charge in [0.25, 0.3) is 5.56 Å². The fourth-order valence-electron chi connectivity index (χ4n) is 3.47. The number of aryl methyl sites for hydroxylation is 1. The van der Waals surface area contributed by atoms with Gasteiger partial charge in [0, 0.05) is 26.2 Å². The average molecular weight is 484 g/mol. The van der Waals surface area contributed by atoms with Gasteiger partial charge in [0.2, 0.25) is 11.8 Å². The number of carbonyl (C=O) groups excluding carboxylic acids is 2. The van der Waals surface area contributed by atoms with E-state index in [2.05, 4.69) is 30.6 Å². The first-order chi connectivity index (χ1) is 16.5. The molecule has 0 radical (unpaired) electrons. The first kappa shape index (κ1) is 22.0. The van der Waals surface area contributed by atoms with Gasteiger partial charge in [-0.3, -0.25) is 19.1 Å². The van der Waals surface area contributed by atoms with E-state index in [1.165, 1.54) is 39.7 Å². The normalized spacial score (nSPS) is 17.4. The number of thioether (sulfide) groups is 1. The first-order valence-electron chi connectivity index (χ1n) is 10.4. The van der Waals surface area contributed by atoms with Crippen LogP contribution >= 0.6 is 11.8 Å². The second-order valence-corrected chi connectivity index (χ2v) is 8.50. The lowest BCUT2D eigenvalue weighted by atomic mass is 10.3. The molecule has 5 heterocycles. The Morgan fingerprint density at radius 3 is 3.00 bits per heavy atom. The van der Waals surface area contributed by atoms with Crippen LogP contribution in [0.25, 0.3) is 11.2 Å². The molecule has 14 heteroatoms. The van der Waals surface area contributed by atoms with Gasteiger partial charge in [-0.1, -0.05) is 11.8 Å². The Labute approximate surface area is 196 Å². The third-order valence-corrected chi connectivity index (χ3v) is 6.15. The van der Waals surface area contributed by atoms with Crippen LogP contribution in [0.4, 0.5) is 16.4 Å². The summed E-state index contributed by atoms with van der Waals surface area (Å²) < 4.78 is 12.4. The van der Waals surface area contributed by atoms with Crippen LogP contribution in [0.5, 0.6) is 5.88 Å². The highest BCUT2D eigenvalue weighted by molar-refractivity contribution is 8.00. The number of cyclic esters (lactones) is 1. The molecule has 0 aliphatic carbocycles. The maximum absolute atomic E-state index is 12.3. The topological polar surface area (TPSA) is 153 Å². The van der Waals surface area contributed by atoms with E-state index >= 15 is 0 Å². The molecule has 0 aromatic carbocycles. The quantitative estimate of drug-likeness (QED) is 0.441. The lowest BCUT2D eigenvalue weighted by Gasteiger charge is -2.17. The molecule has 5 rings (SSSR count). The zero-order valence-electron chi connectivity index (χ0n) is 18.1. The molecular weight excluding hydrogens is 464 g/mol. The van der Waals surface area contributed by atoms with Gasteiger partial charge >= 0.3 is 6.09 Å². The summed E-state index contributed by atoms with van der Waals surface area (Å²) in [6.07, 6.45) is 2.09. The van der Waals surface area contributed by atoms with Crippen LogP contribution in [0.2, 0.25) is 0 Å². The molecule has 2 aliphatic rings. The van der Waals surface area contributed by atoms with Gasteiger partial charge in [0.1, 0.15) is 23.3 Å². The van der Waals surface area contributed by atoms with Crippen molar-refractivity contribution in [3.63, 3.8) is 0 Å². The minimum Gasteiger partial charge on any atom is -0.475 e. The Bertz CT molecular complexity index is 1330. The van der Waals surface area contributed by atoms with Crippen molar-refractivity contribution in [1.82, 2.24) is 29.8 Å². The van der Waals surface area contributed by atoms with Gasteiger partial charge in [0.05, 0.1) is 24.7 Å². The predicted molar refractivity (Wildman–Crippen MR) is 122 cm³/mol. The summed E-state index contributed by atoms with van der Waals surface area (Å²) in [5.41, 5.74) is 0.870. The summed E-state index contributed by atoms with van der Waals surface area (Å²) in [6.45, 7) is 1.49. The highest BCUT2D eigenvalue weighted by Crippen LogP contribution is 2.30. The molecule has 2 N–H and O–H groups in total. The molecule has 1 fully saturated rings. The van der Waals surface area contributed by atoms with Crippen molar-refractivity contribution in [2.45, 2.75) is 11.1 Å². The number of nitrogens with zero attached hydrogens (tertiary/aromatic N) is 6. The van der Waals surface area contributed by atoms with Gasteiger partial charge in [-0.2, -0.15) is 4.98 Å². The van der Waals surface area contributed by atoms with E-state index in [9.17, 15) is 14.4 Å². The first-order valence-corrected chi connectivity index (χ1v) is 11.4. The Balaban J connectivity index is 1.11. The minimum atomic E-state index is -0.524. The smallest absolute Gasteiger partial charge is 0.416 e. The third kappa shape index (κ3) is 4.49. The largest absolute Gasteiger partial charge is 0.475 e. The fourth-order valence-corrected chi connectivity index (χ4v) is 4.17. The highest BCUT2D eigenvalue weighted by Gasteiger charge is 2.34. The molecule has 2 aliphatic heterocycles. The van der Waals surface area contributed by atoms with E-state index in [0.29, 0.717) is 59.9 Å². The van der Waals surface area contributed by atoms with Crippen LogP contribution in [-0.2, 0) is 16.6 Å². The van der Waals surface area contributed by atoms with E-state index in [0.717, 1.165) is 0 Å². The molecule has 34 heavy (non-hydrogen) atoms.